The first-order chi connectivity index (χ1) is 24.0. The first kappa shape index (κ1) is 35.7. The number of carbonyl (C=O) groups is 3. The van der Waals surface area contributed by atoms with Crippen molar-refractivity contribution in [2.45, 2.75) is 57.5 Å². The van der Waals surface area contributed by atoms with E-state index in [0.29, 0.717) is 33.8 Å². The van der Waals surface area contributed by atoms with Crippen LogP contribution in [0.25, 0.3) is 22.4 Å². The lowest BCUT2D eigenvalue weighted by Crippen LogP contribution is -2.40. The van der Waals surface area contributed by atoms with Gasteiger partial charge in [0.2, 0.25) is 6.10 Å². The van der Waals surface area contributed by atoms with E-state index in [1.165, 1.54) is 36.7 Å². The van der Waals surface area contributed by atoms with Crippen molar-refractivity contribution in [3.8, 4) is 22.4 Å². The zero-order chi connectivity index (χ0) is 35.8. The molecule has 0 saturated heterocycles. The van der Waals surface area contributed by atoms with Crippen LogP contribution in [0.2, 0.25) is 0 Å². The highest BCUT2D eigenvalue weighted by Crippen LogP contribution is 2.42. The lowest BCUT2D eigenvalue weighted by molar-refractivity contribution is -0.154. The molecule has 10 nitrogen and oxygen atoms in total. The SMILES string of the molecule is CC(C)c1c(C(=O)Nc2ccccc2)c(-c2ccccc2)c(-c2ccc(F)cc2)n1CC[C@H](O)C[C@H](O)C(OC(=O)c1cccnc1)C(=O)O. The van der Waals surface area contributed by atoms with Gasteiger partial charge in [0.25, 0.3) is 5.91 Å². The number of anilines is 1. The molecule has 0 aliphatic heterocycles. The first-order valence-corrected chi connectivity index (χ1v) is 16.2. The number of amides is 1. The van der Waals surface area contributed by atoms with Crippen molar-refractivity contribution in [2.24, 2.45) is 0 Å². The maximum absolute atomic E-state index is 14.2. The van der Waals surface area contributed by atoms with Crippen LogP contribution in [0, 0.1) is 5.82 Å². The smallest absolute Gasteiger partial charge is 0.347 e. The van der Waals surface area contributed by atoms with Crippen molar-refractivity contribution < 1.29 is 38.8 Å². The monoisotopic (exact) mass is 679 g/mol. The minimum atomic E-state index is -1.94. The third-order valence-electron chi connectivity index (χ3n) is 8.21. The number of aliphatic hydroxyl groups is 2. The Hall–Kier alpha value is -5.65. The van der Waals surface area contributed by atoms with Gasteiger partial charge >= 0.3 is 11.9 Å². The van der Waals surface area contributed by atoms with Crippen LogP contribution in [0.4, 0.5) is 10.1 Å². The second-order valence-electron chi connectivity index (χ2n) is 12.1. The molecule has 2 aromatic heterocycles. The Kier molecular flexibility index (Phi) is 11.5. The second kappa shape index (κ2) is 16.2. The number of nitrogens with one attached hydrogen (secondary N) is 1. The lowest BCUT2D eigenvalue weighted by atomic mass is 9.94. The van der Waals surface area contributed by atoms with Gasteiger partial charge in [-0.1, -0.05) is 62.4 Å². The van der Waals surface area contributed by atoms with E-state index in [9.17, 15) is 34.1 Å². The number of rotatable bonds is 14. The van der Waals surface area contributed by atoms with Crippen LogP contribution in [0.3, 0.4) is 0 Å². The van der Waals surface area contributed by atoms with Gasteiger partial charge in [0.1, 0.15) is 11.9 Å². The molecule has 11 heteroatoms. The number of ether oxygens (including phenoxy) is 1. The average Bonchev–Trinajstić information content (AvgIpc) is 3.46. The molecule has 0 aliphatic rings. The van der Waals surface area contributed by atoms with Crippen molar-refractivity contribution in [1.29, 1.82) is 0 Å². The summed E-state index contributed by atoms with van der Waals surface area (Å²) in [5.41, 5.74) is 4.32. The summed E-state index contributed by atoms with van der Waals surface area (Å²) < 4.78 is 21.2. The maximum atomic E-state index is 14.2. The van der Waals surface area contributed by atoms with Crippen molar-refractivity contribution in [3.63, 3.8) is 0 Å². The topological polar surface area (TPSA) is 151 Å². The van der Waals surface area contributed by atoms with Crippen molar-refractivity contribution in [3.05, 3.63) is 132 Å². The fourth-order valence-corrected chi connectivity index (χ4v) is 5.97. The van der Waals surface area contributed by atoms with Gasteiger partial charge in [0.15, 0.2) is 0 Å². The van der Waals surface area contributed by atoms with Gasteiger partial charge in [0, 0.05) is 42.3 Å². The van der Waals surface area contributed by atoms with Gasteiger partial charge in [-0.3, -0.25) is 9.78 Å². The normalized spacial score (nSPS) is 13.0. The molecule has 2 heterocycles. The number of hydrogen-bond acceptors (Lipinski definition) is 7. The number of pyridine rings is 1. The number of aliphatic hydroxyl groups excluding tert-OH is 2. The van der Waals surface area contributed by atoms with E-state index in [1.54, 1.807) is 24.3 Å². The van der Waals surface area contributed by atoms with Crippen LogP contribution in [0.5, 0.6) is 0 Å². The maximum Gasteiger partial charge on any atom is 0.347 e. The summed E-state index contributed by atoms with van der Waals surface area (Å²) in [5.74, 6) is -3.53. The Balaban J connectivity index is 1.52. The number of hydrogen-bond donors (Lipinski definition) is 4. The molecule has 4 N–H and O–H groups in total. The van der Waals surface area contributed by atoms with E-state index in [0.717, 1.165) is 5.56 Å². The molecular weight excluding hydrogens is 641 g/mol. The zero-order valence-electron chi connectivity index (χ0n) is 27.6. The number of halogens is 1. The first-order valence-electron chi connectivity index (χ1n) is 16.2. The van der Waals surface area contributed by atoms with Crippen LogP contribution in [-0.4, -0.2) is 61.0 Å². The highest BCUT2D eigenvalue weighted by atomic mass is 19.1. The fourth-order valence-electron chi connectivity index (χ4n) is 5.97. The van der Waals surface area contributed by atoms with E-state index in [-0.39, 0.29) is 30.4 Å². The Morgan fingerprint density at radius 1 is 0.880 bits per heavy atom. The molecule has 3 atom stereocenters. The van der Waals surface area contributed by atoms with Crippen LogP contribution in [0.15, 0.2) is 109 Å². The summed E-state index contributed by atoms with van der Waals surface area (Å²) in [6.45, 7) is 4.03. The fraction of sp³-hybridized carbons (Fsp3) is 0.231. The molecule has 0 radical (unpaired) electrons. The van der Waals surface area contributed by atoms with Crippen molar-refractivity contribution in [1.82, 2.24) is 9.55 Å². The van der Waals surface area contributed by atoms with E-state index in [2.05, 4.69) is 10.3 Å². The summed E-state index contributed by atoms with van der Waals surface area (Å²) >= 11 is 0. The van der Waals surface area contributed by atoms with Crippen LogP contribution in [-0.2, 0) is 16.1 Å². The molecule has 5 rings (SSSR count). The molecule has 0 bridgehead atoms. The summed E-state index contributed by atoms with van der Waals surface area (Å²) in [6.07, 6.45) is -2.67. The van der Waals surface area contributed by atoms with Crippen LogP contribution >= 0.6 is 0 Å². The number of esters is 1. The van der Waals surface area contributed by atoms with E-state index in [1.807, 2.05) is 66.9 Å². The van der Waals surface area contributed by atoms with Crippen LogP contribution in [0.1, 0.15) is 59.0 Å². The number of aliphatic carboxylic acids is 1. The molecule has 0 fully saturated rings. The van der Waals surface area contributed by atoms with Gasteiger partial charge in [0.05, 0.1) is 22.9 Å². The minimum absolute atomic E-state index is 0.00923. The molecule has 50 heavy (non-hydrogen) atoms. The Bertz CT molecular complexity index is 1910. The Morgan fingerprint density at radius 2 is 1.54 bits per heavy atom. The molecule has 0 saturated carbocycles. The number of carboxylic acids is 1. The zero-order valence-corrected chi connectivity index (χ0v) is 27.6. The highest BCUT2D eigenvalue weighted by Gasteiger charge is 2.34. The van der Waals surface area contributed by atoms with E-state index in [4.69, 9.17) is 4.74 Å². The molecule has 0 spiro atoms. The number of para-hydroxylation sites is 1. The third kappa shape index (κ3) is 8.31. The number of carboxylic acid groups (broad SMARTS) is 1. The van der Waals surface area contributed by atoms with Crippen molar-refractivity contribution in [2.75, 3.05) is 5.32 Å². The largest absolute Gasteiger partial charge is 0.478 e. The molecule has 258 valence electrons. The number of carbonyl (C=O) groups excluding carboxylic acids is 2. The molecule has 1 amide bonds. The van der Waals surface area contributed by atoms with Crippen LogP contribution < -0.4 is 5.32 Å². The minimum Gasteiger partial charge on any atom is -0.478 e. The van der Waals surface area contributed by atoms with Gasteiger partial charge in [-0.15, -0.1) is 0 Å². The second-order valence-corrected chi connectivity index (χ2v) is 12.1. The van der Waals surface area contributed by atoms with Crippen molar-refractivity contribution >= 4 is 23.5 Å². The van der Waals surface area contributed by atoms with Gasteiger partial charge in [-0.05, 0) is 72.0 Å². The van der Waals surface area contributed by atoms with E-state index >= 15 is 0 Å². The molecule has 5 aromatic rings. The summed E-state index contributed by atoms with van der Waals surface area (Å²) in [4.78, 5) is 42.5. The lowest BCUT2D eigenvalue weighted by Gasteiger charge is -2.23. The summed E-state index contributed by atoms with van der Waals surface area (Å²) in [6, 6.07) is 27.2. The number of benzene rings is 3. The molecule has 1 unspecified atom stereocenters. The summed E-state index contributed by atoms with van der Waals surface area (Å²) in [5, 5.41) is 34.7. The standard InChI is InChI=1S/C39H38FN3O7/c1-24(2)34-33(37(46)42-29-13-7-4-8-14-29)32(25-10-5-3-6-11-25)35(26-15-17-28(40)18-16-26)43(34)21-19-30(44)22-31(45)36(38(47)48)50-39(49)27-12-9-20-41-23-27/h3-18,20,23-24,30-31,36,44-45H,19,21-22H2,1-2H3,(H,42,46)(H,47,48)/t30-,31-,36?/m0/s1. The molecule has 0 aliphatic carbocycles. The van der Waals surface area contributed by atoms with E-state index < -0.39 is 42.5 Å². The van der Waals surface area contributed by atoms with Gasteiger partial charge in [-0.2, -0.15) is 0 Å². The summed E-state index contributed by atoms with van der Waals surface area (Å²) in [7, 11) is 0. The number of nitrogens with zero attached hydrogens (tertiary/aromatic N) is 2. The molecular formula is C39H38FN3O7. The predicted octanol–water partition coefficient (Wildman–Crippen LogP) is 6.54. The average molecular weight is 680 g/mol. The van der Waals surface area contributed by atoms with Gasteiger partial charge in [-0.25, -0.2) is 14.0 Å². The third-order valence-corrected chi connectivity index (χ3v) is 8.21. The number of aromatic nitrogens is 2. The Labute approximate surface area is 288 Å². The Morgan fingerprint density at radius 3 is 2.14 bits per heavy atom. The predicted molar refractivity (Wildman–Crippen MR) is 186 cm³/mol. The highest BCUT2D eigenvalue weighted by molar-refractivity contribution is 6.12. The molecule has 3 aromatic carbocycles. The quantitative estimate of drug-likeness (QED) is 0.0966. The van der Waals surface area contributed by atoms with Gasteiger partial charge < -0.3 is 29.9 Å².